The predicted octanol–water partition coefficient (Wildman–Crippen LogP) is 2.03. The van der Waals surface area contributed by atoms with Gasteiger partial charge < -0.3 is 15.2 Å². The highest BCUT2D eigenvalue weighted by Crippen LogP contribution is 2.22. The highest BCUT2D eigenvalue weighted by atomic mass is 19.1. The third-order valence-electron chi connectivity index (χ3n) is 2.96. The van der Waals surface area contributed by atoms with E-state index in [0.29, 0.717) is 13.0 Å². The molecule has 1 atom stereocenters. The Labute approximate surface area is 109 Å². The largest absolute Gasteiger partial charge is 0.478 e. The Balaban J connectivity index is 2.18. The summed E-state index contributed by atoms with van der Waals surface area (Å²) in [6.45, 7) is 0.487. The zero-order valence-electron chi connectivity index (χ0n) is 10.2. The second-order valence-electron chi connectivity index (χ2n) is 4.31. The first-order valence-corrected chi connectivity index (χ1v) is 6.04. The molecule has 19 heavy (non-hydrogen) atoms. The maximum Gasteiger partial charge on any atom is 0.337 e. The average molecular weight is 267 g/mol. The topological polar surface area (TPSA) is 75.6 Å². The van der Waals surface area contributed by atoms with Gasteiger partial charge in [-0.2, -0.15) is 0 Å². The Morgan fingerprint density at radius 3 is 2.79 bits per heavy atom. The van der Waals surface area contributed by atoms with Gasteiger partial charge >= 0.3 is 5.97 Å². The summed E-state index contributed by atoms with van der Waals surface area (Å²) >= 11 is 0. The molecule has 1 unspecified atom stereocenters. The minimum atomic E-state index is -1.29. The summed E-state index contributed by atoms with van der Waals surface area (Å²) in [7, 11) is 0. The SMILES string of the molecule is O=C(O)c1cccc(F)c1NC(=O)C1CCCCO1. The van der Waals surface area contributed by atoms with Crippen molar-refractivity contribution in [2.45, 2.75) is 25.4 Å². The molecule has 1 aromatic carbocycles. The molecule has 1 aromatic rings. The number of carboxylic acid groups (broad SMARTS) is 1. The van der Waals surface area contributed by atoms with Gasteiger partial charge in [-0.15, -0.1) is 0 Å². The van der Waals surface area contributed by atoms with E-state index < -0.39 is 23.8 Å². The number of carbonyl (C=O) groups excluding carboxylic acids is 1. The number of hydrogen-bond donors (Lipinski definition) is 2. The predicted molar refractivity (Wildman–Crippen MR) is 65.6 cm³/mol. The van der Waals surface area contributed by atoms with Crippen molar-refractivity contribution < 1.29 is 23.8 Å². The number of carbonyl (C=O) groups is 2. The average Bonchev–Trinajstić information content (AvgIpc) is 2.41. The van der Waals surface area contributed by atoms with Gasteiger partial charge in [0.05, 0.1) is 11.3 Å². The van der Waals surface area contributed by atoms with Crippen molar-refractivity contribution in [3.63, 3.8) is 0 Å². The molecule has 1 amide bonds. The molecule has 1 fully saturated rings. The molecule has 0 aromatic heterocycles. The molecule has 1 aliphatic heterocycles. The van der Waals surface area contributed by atoms with E-state index in [1.807, 2.05) is 0 Å². The Morgan fingerprint density at radius 1 is 1.37 bits per heavy atom. The first-order chi connectivity index (χ1) is 9.09. The summed E-state index contributed by atoms with van der Waals surface area (Å²) in [4.78, 5) is 22.9. The van der Waals surface area contributed by atoms with E-state index in [-0.39, 0.29) is 11.3 Å². The smallest absolute Gasteiger partial charge is 0.337 e. The number of hydrogen-bond acceptors (Lipinski definition) is 3. The number of halogens is 1. The van der Waals surface area contributed by atoms with Crippen molar-refractivity contribution in [2.24, 2.45) is 0 Å². The van der Waals surface area contributed by atoms with Gasteiger partial charge in [-0.1, -0.05) is 6.07 Å². The highest BCUT2D eigenvalue weighted by molar-refractivity contribution is 6.02. The van der Waals surface area contributed by atoms with Crippen molar-refractivity contribution >= 4 is 17.6 Å². The monoisotopic (exact) mass is 267 g/mol. The fraction of sp³-hybridized carbons (Fsp3) is 0.385. The number of amides is 1. The lowest BCUT2D eigenvalue weighted by Crippen LogP contribution is -2.33. The Kier molecular flexibility index (Phi) is 4.11. The van der Waals surface area contributed by atoms with Crippen LogP contribution in [0.5, 0.6) is 0 Å². The molecular formula is C13H14FNO4. The summed E-state index contributed by atoms with van der Waals surface area (Å²) in [5, 5.41) is 11.3. The maximum absolute atomic E-state index is 13.6. The van der Waals surface area contributed by atoms with Crippen LogP contribution in [0.3, 0.4) is 0 Å². The van der Waals surface area contributed by atoms with Gasteiger partial charge in [-0.3, -0.25) is 4.79 Å². The molecule has 102 valence electrons. The minimum absolute atomic E-state index is 0.274. The third kappa shape index (κ3) is 3.08. The number of carboxylic acids is 1. The lowest BCUT2D eigenvalue weighted by molar-refractivity contribution is -0.130. The number of nitrogens with one attached hydrogen (secondary N) is 1. The Morgan fingerprint density at radius 2 is 2.16 bits per heavy atom. The van der Waals surface area contributed by atoms with E-state index in [4.69, 9.17) is 9.84 Å². The summed E-state index contributed by atoms with van der Waals surface area (Å²) in [5.74, 6) is -2.57. The Bertz CT molecular complexity index is 497. The summed E-state index contributed by atoms with van der Waals surface area (Å²) in [6.07, 6.45) is 1.67. The molecule has 2 N–H and O–H groups in total. The second-order valence-corrected chi connectivity index (χ2v) is 4.31. The molecule has 0 spiro atoms. The van der Waals surface area contributed by atoms with Crippen LogP contribution in [-0.2, 0) is 9.53 Å². The quantitative estimate of drug-likeness (QED) is 0.878. The van der Waals surface area contributed by atoms with Gasteiger partial charge in [0.15, 0.2) is 0 Å². The molecule has 0 saturated carbocycles. The van der Waals surface area contributed by atoms with Crippen LogP contribution in [-0.4, -0.2) is 29.7 Å². The molecule has 1 saturated heterocycles. The van der Waals surface area contributed by atoms with E-state index in [0.717, 1.165) is 18.9 Å². The minimum Gasteiger partial charge on any atom is -0.478 e. The number of para-hydroxylation sites is 1. The van der Waals surface area contributed by atoms with Gasteiger partial charge in [0.1, 0.15) is 11.9 Å². The first-order valence-electron chi connectivity index (χ1n) is 6.04. The van der Waals surface area contributed by atoms with Gasteiger partial charge in [0, 0.05) is 6.61 Å². The maximum atomic E-state index is 13.6. The van der Waals surface area contributed by atoms with Crippen LogP contribution in [0.15, 0.2) is 18.2 Å². The molecule has 6 heteroatoms. The summed E-state index contributed by atoms with van der Waals surface area (Å²) < 4.78 is 18.9. The zero-order valence-corrected chi connectivity index (χ0v) is 10.2. The molecule has 0 radical (unpaired) electrons. The lowest BCUT2D eigenvalue weighted by Gasteiger charge is -2.22. The fourth-order valence-electron chi connectivity index (χ4n) is 1.98. The van der Waals surface area contributed by atoms with Crippen molar-refractivity contribution in [2.75, 3.05) is 11.9 Å². The van der Waals surface area contributed by atoms with Gasteiger partial charge in [-0.25, -0.2) is 9.18 Å². The van der Waals surface area contributed by atoms with Crippen LogP contribution >= 0.6 is 0 Å². The number of aromatic carboxylic acids is 1. The summed E-state index contributed by atoms with van der Waals surface area (Å²) in [6, 6.07) is 3.62. The normalized spacial score (nSPS) is 18.9. The fourth-order valence-corrected chi connectivity index (χ4v) is 1.98. The molecule has 1 aliphatic rings. The standard InChI is InChI=1S/C13H14FNO4/c14-9-5-3-4-8(13(17)18)11(9)15-12(16)10-6-1-2-7-19-10/h3-5,10H,1-2,6-7H2,(H,15,16)(H,17,18). The molecule has 5 nitrogen and oxygen atoms in total. The van der Waals surface area contributed by atoms with Crippen molar-refractivity contribution in [3.05, 3.63) is 29.6 Å². The third-order valence-corrected chi connectivity index (χ3v) is 2.96. The second kappa shape index (κ2) is 5.79. The number of benzene rings is 1. The van der Waals surface area contributed by atoms with Gasteiger partial charge in [0.25, 0.3) is 5.91 Å². The van der Waals surface area contributed by atoms with E-state index in [9.17, 15) is 14.0 Å². The van der Waals surface area contributed by atoms with Crippen LogP contribution in [0.25, 0.3) is 0 Å². The van der Waals surface area contributed by atoms with Crippen LogP contribution in [0.2, 0.25) is 0 Å². The van der Waals surface area contributed by atoms with Crippen LogP contribution < -0.4 is 5.32 Å². The van der Waals surface area contributed by atoms with E-state index >= 15 is 0 Å². The molecule has 0 bridgehead atoms. The van der Waals surface area contributed by atoms with Crippen molar-refractivity contribution in [3.8, 4) is 0 Å². The van der Waals surface area contributed by atoms with E-state index in [1.165, 1.54) is 12.1 Å². The van der Waals surface area contributed by atoms with Gasteiger partial charge in [-0.05, 0) is 31.4 Å². The molecular weight excluding hydrogens is 253 g/mol. The van der Waals surface area contributed by atoms with E-state index in [2.05, 4.69) is 5.32 Å². The lowest BCUT2D eigenvalue weighted by atomic mass is 10.1. The molecule has 1 heterocycles. The van der Waals surface area contributed by atoms with Gasteiger partial charge in [0.2, 0.25) is 0 Å². The molecule has 2 rings (SSSR count). The number of anilines is 1. The van der Waals surface area contributed by atoms with E-state index in [1.54, 1.807) is 0 Å². The molecule has 0 aliphatic carbocycles. The van der Waals surface area contributed by atoms with Crippen molar-refractivity contribution in [1.82, 2.24) is 0 Å². The Hall–Kier alpha value is -1.95. The highest BCUT2D eigenvalue weighted by Gasteiger charge is 2.24. The first kappa shape index (κ1) is 13.5. The van der Waals surface area contributed by atoms with Crippen LogP contribution in [0.4, 0.5) is 10.1 Å². The number of ether oxygens (including phenoxy) is 1. The van der Waals surface area contributed by atoms with Crippen LogP contribution in [0.1, 0.15) is 29.6 Å². The van der Waals surface area contributed by atoms with Crippen molar-refractivity contribution in [1.29, 1.82) is 0 Å². The van der Waals surface area contributed by atoms with Crippen LogP contribution in [0, 0.1) is 5.82 Å². The number of rotatable bonds is 3. The summed E-state index contributed by atoms with van der Waals surface area (Å²) in [5.41, 5.74) is -0.585. The zero-order chi connectivity index (χ0) is 13.8.